The standard InChI is InChI=1S/C23H16BrCl2NO/c1-15-2-4-16(5-3-15)14-28-23-9-6-17(11-21(23)24)10-18(13-27)20-8-7-19(25)12-22(20)26/h2-12H,14H2,1H3/b18-10+. The van der Waals surface area contributed by atoms with E-state index in [1.807, 2.05) is 18.2 Å². The highest BCUT2D eigenvalue weighted by Crippen LogP contribution is 2.31. The summed E-state index contributed by atoms with van der Waals surface area (Å²) in [4.78, 5) is 0. The Morgan fingerprint density at radius 3 is 2.46 bits per heavy atom. The number of nitriles is 1. The Bertz CT molecular complexity index is 1070. The molecule has 0 aliphatic heterocycles. The molecule has 0 aromatic heterocycles. The van der Waals surface area contributed by atoms with Crippen LogP contribution in [0.4, 0.5) is 0 Å². The summed E-state index contributed by atoms with van der Waals surface area (Å²) in [6, 6.07) is 21.2. The first-order valence-electron chi connectivity index (χ1n) is 8.51. The molecule has 0 bridgehead atoms. The zero-order chi connectivity index (χ0) is 20.1. The zero-order valence-electron chi connectivity index (χ0n) is 15.0. The van der Waals surface area contributed by atoms with Crippen LogP contribution in [0.1, 0.15) is 22.3 Å². The molecule has 2 nitrogen and oxygen atoms in total. The molecular weight excluding hydrogens is 457 g/mol. The maximum atomic E-state index is 9.54. The van der Waals surface area contributed by atoms with Crippen molar-refractivity contribution in [3.05, 3.63) is 97.4 Å². The fraction of sp³-hybridized carbons (Fsp3) is 0.0870. The summed E-state index contributed by atoms with van der Waals surface area (Å²) in [6.45, 7) is 2.54. The summed E-state index contributed by atoms with van der Waals surface area (Å²) in [5, 5.41) is 10.5. The number of allylic oxidation sites excluding steroid dienone is 1. The smallest absolute Gasteiger partial charge is 0.134 e. The molecule has 28 heavy (non-hydrogen) atoms. The van der Waals surface area contributed by atoms with Crippen LogP contribution in [0.3, 0.4) is 0 Å². The van der Waals surface area contributed by atoms with Gasteiger partial charge in [0.2, 0.25) is 0 Å². The topological polar surface area (TPSA) is 33.0 Å². The van der Waals surface area contributed by atoms with Crippen LogP contribution in [0.25, 0.3) is 11.6 Å². The summed E-state index contributed by atoms with van der Waals surface area (Å²) in [5.41, 5.74) is 4.28. The van der Waals surface area contributed by atoms with Crippen molar-refractivity contribution in [3.63, 3.8) is 0 Å². The van der Waals surface area contributed by atoms with Gasteiger partial charge in [-0.1, -0.05) is 65.2 Å². The molecule has 3 aromatic carbocycles. The van der Waals surface area contributed by atoms with Gasteiger partial charge < -0.3 is 4.74 Å². The highest BCUT2D eigenvalue weighted by molar-refractivity contribution is 9.10. The van der Waals surface area contributed by atoms with Gasteiger partial charge in [0.25, 0.3) is 0 Å². The van der Waals surface area contributed by atoms with Crippen molar-refractivity contribution >= 4 is 50.8 Å². The van der Waals surface area contributed by atoms with Crippen molar-refractivity contribution in [3.8, 4) is 11.8 Å². The van der Waals surface area contributed by atoms with Gasteiger partial charge in [-0.25, -0.2) is 0 Å². The Morgan fingerprint density at radius 1 is 1.07 bits per heavy atom. The van der Waals surface area contributed by atoms with Crippen LogP contribution in [-0.4, -0.2) is 0 Å². The summed E-state index contributed by atoms with van der Waals surface area (Å²) in [7, 11) is 0. The lowest BCUT2D eigenvalue weighted by Crippen LogP contribution is -1.96. The highest BCUT2D eigenvalue weighted by atomic mass is 79.9. The van der Waals surface area contributed by atoms with Gasteiger partial charge in [-0.05, 0) is 64.3 Å². The van der Waals surface area contributed by atoms with Crippen LogP contribution < -0.4 is 4.74 Å². The fourth-order valence-electron chi connectivity index (χ4n) is 2.61. The molecule has 0 aliphatic carbocycles. The predicted molar refractivity (Wildman–Crippen MR) is 120 cm³/mol. The number of ether oxygens (including phenoxy) is 1. The van der Waals surface area contributed by atoms with E-state index in [0.717, 1.165) is 21.3 Å². The van der Waals surface area contributed by atoms with E-state index in [1.165, 1.54) is 5.56 Å². The van der Waals surface area contributed by atoms with Crippen molar-refractivity contribution in [2.45, 2.75) is 13.5 Å². The molecule has 0 N–H and O–H groups in total. The summed E-state index contributed by atoms with van der Waals surface area (Å²) in [6.07, 6.45) is 1.78. The minimum atomic E-state index is 0.442. The maximum Gasteiger partial charge on any atom is 0.134 e. The summed E-state index contributed by atoms with van der Waals surface area (Å²) >= 11 is 15.7. The van der Waals surface area contributed by atoms with Crippen LogP contribution >= 0.6 is 39.1 Å². The number of hydrogen-bond acceptors (Lipinski definition) is 2. The Kier molecular flexibility index (Phi) is 6.80. The van der Waals surface area contributed by atoms with Crippen molar-refractivity contribution in [1.29, 1.82) is 5.26 Å². The Morgan fingerprint density at radius 2 is 1.82 bits per heavy atom. The minimum absolute atomic E-state index is 0.442. The van der Waals surface area contributed by atoms with E-state index in [4.69, 9.17) is 27.9 Å². The van der Waals surface area contributed by atoms with Gasteiger partial charge in [-0.2, -0.15) is 5.26 Å². The number of hydrogen-bond donors (Lipinski definition) is 0. The third-order valence-electron chi connectivity index (χ3n) is 4.12. The molecule has 0 atom stereocenters. The van der Waals surface area contributed by atoms with Crippen LogP contribution in [0.15, 0.2) is 65.1 Å². The van der Waals surface area contributed by atoms with Gasteiger partial charge in [-0.15, -0.1) is 0 Å². The van der Waals surface area contributed by atoms with Gasteiger partial charge >= 0.3 is 0 Å². The largest absolute Gasteiger partial charge is 0.488 e. The molecule has 3 aromatic rings. The highest BCUT2D eigenvalue weighted by Gasteiger charge is 2.08. The quantitative estimate of drug-likeness (QED) is 0.281. The van der Waals surface area contributed by atoms with E-state index in [-0.39, 0.29) is 0 Å². The predicted octanol–water partition coefficient (Wildman–Crippen LogP) is 7.71. The van der Waals surface area contributed by atoms with Crippen molar-refractivity contribution in [2.24, 2.45) is 0 Å². The van der Waals surface area contributed by atoms with Gasteiger partial charge in [0.15, 0.2) is 0 Å². The lowest BCUT2D eigenvalue weighted by Gasteiger charge is -2.10. The molecule has 0 unspecified atom stereocenters. The molecule has 0 amide bonds. The molecule has 0 spiro atoms. The fourth-order valence-corrected chi connectivity index (χ4v) is 3.64. The second-order valence-corrected chi connectivity index (χ2v) is 7.96. The molecule has 0 radical (unpaired) electrons. The maximum absolute atomic E-state index is 9.54. The summed E-state index contributed by atoms with van der Waals surface area (Å²) in [5.74, 6) is 0.737. The lowest BCUT2D eigenvalue weighted by atomic mass is 10.0. The second-order valence-electron chi connectivity index (χ2n) is 6.26. The van der Waals surface area contributed by atoms with E-state index >= 15 is 0 Å². The van der Waals surface area contributed by atoms with Crippen molar-refractivity contribution < 1.29 is 4.74 Å². The molecule has 0 aliphatic rings. The Hall–Kier alpha value is -2.25. The zero-order valence-corrected chi connectivity index (χ0v) is 18.1. The average Bonchev–Trinajstić information content (AvgIpc) is 2.67. The molecule has 140 valence electrons. The van der Waals surface area contributed by atoms with Gasteiger partial charge in [0, 0.05) is 10.6 Å². The number of aryl methyl sites for hydroxylation is 1. The van der Waals surface area contributed by atoms with E-state index in [1.54, 1.807) is 24.3 Å². The third-order valence-corrected chi connectivity index (χ3v) is 5.29. The molecule has 0 saturated carbocycles. The molecule has 0 heterocycles. The van der Waals surface area contributed by atoms with Gasteiger partial charge in [0.05, 0.1) is 21.1 Å². The molecular formula is C23H16BrCl2NO. The van der Waals surface area contributed by atoms with E-state index in [0.29, 0.717) is 27.8 Å². The van der Waals surface area contributed by atoms with E-state index in [2.05, 4.69) is 53.2 Å². The monoisotopic (exact) mass is 471 g/mol. The molecule has 0 saturated heterocycles. The molecule has 5 heteroatoms. The van der Waals surface area contributed by atoms with E-state index in [9.17, 15) is 5.26 Å². The first kappa shape index (κ1) is 20.5. The second kappa shape index (κ2) is 9.30. The third kappa shape index (κ3) is 5.17. The van der Waals surface area contributed by atoms with E-state index < -0.39 is 0 Å². The first-order chi connectivity index (χ1) is 13.5. The van der Waals surface area contributed by atoms with Crippen LogP contribution in [0, 0.1) is 18.3 Å². The Labute approximate surface area is 183 Å². The Balaban J connectivity index is 1.79. The number of rotatable bonds is 5. The molecule has 3 rings (SSSR count). The normalized spacial score (nSPS) is 11.2. The first-order valence-corrected chi connectivity index (χ1v) is 10.1. The van der Waals surface area contributed by atoms with Crippen molar-refractivity contribution in [1.82, 2.24) is 0 Å². The van der Waals surface area contributed by atoms with Gasteiger partial charge in [-0.3, -0.25) is 0 Å². The summed E-state index contributed by atoms with van der Waals surface area (Å²) < 4.78 is 6.71. The van der Waals surface area contributed by atoms with Crippen LogP contribution in [0.5, 0.6) is 5.75 Å². The average molecular weight is 473 g/mol. The number of nitrogens with zero attached hydrogens (tertiary/aromatic N) is 1. The lowest BCUT2D eigenvalue weighted by molar-refractivity contribution is 0.304. The van der Waals surface area contributed by atoms with Gasteiger partial charge in [0.1, 0.15) is 12.4 Å². The molecule has 0 fully saturated rings. The number of halogens is 3. The van der Waals surface area contributed by atoms with Crippen LogP contribution in [-0.2, 0) is 6.61 Å². The van der Waals surface area contributed by atoms with Crippen LogP contribution in [0.2, 0.25) is 10.0 Å². The minimum Gasteiger partial charge on any atom is -0.488 e. The van der Waals surface area contributed by atoms with Crippen molar-refractivity contribution in [2.75, 3.05) is 0 Å². The SMILES string of the molecule is Cc1ccc(COc2ccc(/C=C(\C#N)c3ccc(Cl)cc3Cl)cc2Br)cc1. The number of benzene rings is 3.